The molecular weight excluding hydrogens is 304 g/mol. The molecule has 24 heavy (non-hydrogen) atoms. The molecule has 1 saturated carbocycles. The third-order valence-corrected chi connectivity index (χ3v) is 4.69. The van der Waals surface area contributed by atoms with Gasteiger partial charge in [-0.05, 0) is 39.5 Å². The van der Waals surface area contributed by atoms with Crippen molar-refractivity contribution < 1.29 is 4.74 Å². The summed E-state index contributed by atoms with van der Waals surface area (Å²) >= 11 is 0. The predicted molar refractivity (Wildman–Crippen MR) is 90.3 cm³/mol. The summed E-state index contributed by atoms with van der Waals surface area (Å²) in [6, 6.07) is 0.638. The Labute approximate surface area is 142 Å². The molecule has 0 bridgehead atoms. The molecule has 0 atom stereocenters. The SMILES string of the molecule is CC(C)Oc1nccnc1N1CCC(c2nncn2C2CC2)CC1. The highest BCUT2D eigenvalue weighted by molar-refractivity contribution is 5.48. The van der Waals surface area contributed by atoms with Gasteiger partial charge in [-0.3, -0.25) is 0 Å². The van der Waals surface area contributed by atoms with Crippen LogP contribution >= 0.6 is 0 Å². The second-order valence-electron chi connectivity index (χ2n) is 6.94. The number of ether oxygens (including phenoxy) is 1. The highest BCUT2D eigenvalue weighted by atomic mass is 16.5. The maximum atomic E-state index is 5.81. The first-order chi connectivity index (χ1) is 11.7. The molecule has 2 aromatic rings. The van der Waals surface area contributed by atoms with Gasteiger partial charge in [-0.1, -0.05) is 0 Å². The van der Waals surface area contributed by atoms with Gasteiger partial charge in [-0.15, -0.1) is 10.2 Å². The lowest BCUT2D eigenvalue weighted by molar-refractivity contribution is 0.231. The van der Waals surface area contributed by atoms with E-state index in [-0.39, 0.29) is 6.10 Å². The van der Waals surface area contributed by atoms with Crippen LogP contribution in [0, 0.1) is 0 Å². The first-order valence-corrected chi connectivity index (χ1v) is 8.84. The first kappa shape index (κ1) is 15.4. The van der Waals surface area contributed by atoms with E-state index < -0.39 is 0 Å². The molecule has 1 aliphatic carbocycles. The van der Waals surface area contributed by atoms with Crippen LogP contribution in [0.25, 0.3) is 0 Å². The summed E-state index contributed by atoms with van der Waals surface area (Å²) in [6.07, 6.45) is 10.1. The van der Waals surface area contributed by atoms with Crippen LogP contribution in [-0.4, -0.2) is 43.9 Å². The smallest absolute Gasteiger partial charge is 0.257 e. The molecule has 2 aliphatic rings. The Balaban J connectivity index is 1.45. The molecule has 128 valence electrons. The van der Waals surface area contributed by atoms with Crippen molar-refractivity contribution in [1.82, 2.24) is 24.7 Å². The van der Waals surface area contributed by atoms with Gasteiger partial charge < -0.3 is 14.2 Å². The van der Waals surface area contributed by atoms with Gasteiger partial charge in [0, 0.05) is 37.4 Å². The molecular formula is C17H24N6O. The molecule has 0 radical (unpaired) electrons. The van der Waals surface area contributed by atoms with E-state index in [1.807, 2.05) is 20.2 Å². The number of rotatable bonds is 5. The molecule has 1 saturated heterocycles. The minimum absolute atomic E-state index is 0.0927. The summed E-state index contributed by atoms with van der Waals surface area (Å²) in [5.41, 5.74) is 0. The average molecular weight is 328 g/mol. The van der Waals surface area contributed by atoms with E-state index >= 15 is 0 Å². The molecule has 2 fully saturated rings. The second-order valence-corrected chi connectivity index (χ2v) is 6.94. The molecule has 2 aromatic heterocycles. The molecule has 0 amide bonds. The van der Waals surface area contributed by atoms with Crippen LogP contribution in [0.1, 0.15) is 57.3 Å². The van der Waals surface area contributed by atoms with Crippen molar-refractivity contribution in [2.45, 2.75) is 57.6 Å². The van der Waals surface area contributed by atoms with Gasteiger partial charge in [-0.2, -0.15) is 0 Å². The van der Waals surface area contributed by atoms with Crippen LogP contribution < -0.4 is 9.64 Å². The van der Waals surface area contributed by atoms with E-state index in [1.54, 1.807) is 12.4 Å². The first-order valence-electron chi connectivity index (χ1n) is 8.84. The van der Waals surface area contributed by atoms with Crippen molar-refractivity contribution in [1.29, 1.82) is 0 Å². The van der Waals surface area contributed by atoms with E-state index in [0.29, 0.717) is 17.8 Å². The van der Waals surface area contributed by atoms with E-state index in [2.05, 4.69) is 29.6 Å². The lowest BCUT2D eigenvalue weighted by Gasteiger charge is -2.33. The second kappa shape index (κ2) is 6.37. The number of piperidine rings is 1. The summed E-state index contributed by atoms with van der Waals surface area (Å²) in [5.74, 6) is 3.13. The highest BCUT2D eigenvalue weighted by Gasteiger charge is 2.31. The van der Waals surface area contributed by atoms with Gasteiger partial charge in [-0.25, -0.2) is 9.97 Å². The summed E-state index contributed by atoms with van der Waals surface area (Å²) in [4.78, 5) is 11.1. The highest BCUT2D eigenvalue weighted by Crippen LogP contribution is 2.39. The summed E-state index contributed by atoms with van der Waals surface area (Å²) < 4.78 is 8.10. The zero-order valence-corrected chi connectivity index (χ0v) is 14.3. The lowest BCUT2D eigenvalue weighted by Crippen LogP contribution is -2.34. The molecule has 7 heteroatoms. The maximum absolute atomic E-state index is 5.81. The van der Waals surface area contributed by atoms with Gasteiger partial charge >= 0.3 is 0 Å². The molecule has 0 unspecified atom stereocenters. The van der Waals surface area contributed by atoms with Crippen LogP contribution in [0.5, 0.6) is 5.88 Å². The lowest BCUT2D eigenvalue weighted by atomic mass is 9.96. The average Bonchev–Trinajstić information content (AvgIpc) is 3.32. The summed E-state index contributed by atoms with van der Waals surface area (Å²) in [6.45, 7) is 5.90. The molecule has 4 rings (SSSR count). The van der Waals surface area contributed by atoms with Crippen molar-refractivity contribution in [3.8, 4) is 5.88 Å². The molecule has 7 nitrogen and oxygen atoms in total. The van der Waals surface area contributed by atoms with Crippen LogP contribution in [-0.2, 0) is 0 Å². The quantitative estimate of drug-likeness (QED) is 0.840. The largest absolute Gasteiger partial charge is 0.472 e. The molecule has 1 aliphatic heterocycles. The minimum atomic E-state index is 0.0927. The van der Waals surface area contributed by atoms with Crippen molar-refractivity contribution in [3.05, 3.63) is 24.5 Å². The van der Waals surface area contributed by atoms with Crippen LogP contribution in [0.3, 0.4) is 0 Å². The Bertz CT molecular complexity index is 688. The number of nitrogens with zero attached hydrogens (tertiary/aromatic N) is 6. The van der Waals surface area contributed by atoms with Gasteiger partial charge in [0.1, 0.15) is 12.2 Å². The molecule has 0 aromatic carbocycles. The van der Waals surface area contributed by atoms with E-state index in [0.717, 1.165) is 37.6 Å². The number of hydrogen-bond acceptors (Lipinski definition) is 6. The van der Waals surface area contributed by atoms with Crippen LogP contribution in [0.2, 0.25) is 0 Å². The topological polar surface area (TPSA) is 69.0 Å². The Hall–Kier alpha value is -2.18. The Morgan fingerprint density at radius 1 is 1.08 bits per heavy atom. The zero-order valence-electron chi connectivity index (χ0n) is 14.3. The molecule has 0 N–H and O–H groups in total. The predicted octanol–water partition coefficient (Wildman–Crippen LogP) is 2.57. The fourth-order valence-corrected chi connectivity index (χ4v) is 3.37. The fourth-order valence-electron chi connectivity index (χ4n) is 3.37. The number of anilines is 1. The maximum Gasteiger partial charge on any atom is 0.257 e. The van der Waals surface area contributed by atoms with Gasteiger partial charge in [0.05, 0.1) is 6.10 Å². The summed E-state index contributed by atoms with van der Waals surface area (Å²) in [7, 11) is 0. The van der Waals surface area contributed by atoms with Gasteiger partial charge in [0.2, 0.25) is 0 Å². The Morgan fingerprint density at radius 3 is 2.54 bits per heavy atom. The van der Waals surface area contributed by atoms with Gasteiger partial charge in [0.15, 0.2) is 5.82 Å². The normalized spacial score (nSPS) is 19.0. The van der Waals surface area contributed by atoms with Crippen LogP contribution in [0.15, 0.2) is 18.7 Å². The third-order valence-electron chi connectivity index (χ3n) is 4.69. The van der Waals surface area contributed by atoms with Crippen molar-refractivity contribution in [2.75, 3.05) is 18.0 Å². The van der Waals surface area contributed by atoms with E-state index in [1.165, 1.54) is 12.8 Å². The van der Waals surface area contributed by atoms with Gasteiger partial charge in [0.25, 0.3) is 5.88 Å². The zero-order chi connectivity index (χ0) is 16.5. The molecule has 0 spiro atoms. The minimum Gasteiger partial charge on any atom is -0.472 e. The van der Waals surface area contributed by atoms with Crippen molar-refractivity contribution in [3.63, 3.8) is 0 Å². The fraction of sp³-hybridized carbons (Fsp3) is 0.647. The van der Waals surface area contributed by atoms with E-state index in [9.17, 15) is 0 Å². The van der Waals surface area contributed by atoms with E-state index in [4.69, 9.17) is 4.74 Å². The summed E-state index contributed by atoms with van der Waals surface area (Å²) in [5, 5.41) is 8.54. The third kappa shape index (κ3) is 3.07. The van der Waals surface area contributed by atoms with Crippen LogP contribution in [0.4, 0.5) is 5.82 Å². The van der Waals surface area contributed by atoms with Crippen molar-refractivity contribution in [2.24, 2.45) is 0 Å². The Kier molecular flexibility index (Phi) is 4.08. The Morgan fingerprint density at radius 2 is 1.83 bits per heavy atom. The van der Waals surface area contributed by atoms with Crippen molar-refractivity contribution >= 4 is 5.82 Å². The molecule has 3 heterocycles. The number of hydrogen-bond donors (Lipinski definition) is 0. The number of aromatic nitrogens is 5. The monoisotopic (exact) mass is 328 g/mol. The standard InChI is InChI=1S/C17H24N6O/c1-12(2)24-17-16(18-7-8-19-17)22-9-5-13(6-10-22)15-21-20-11-23(15)14-3-4-14/h7-8,11-14H,3-6,9-10H2,1-2H3.